The van der Waals surface area contributed by atoms with E-state index < -0.39 is 0 Å². The number of halogens is 2. The highest BCUT2D eigenvalue weighted by Gasteiger charge is 2.17. The predicted octanol–water partition coefficient (Wildman–Crippen LogP) is 2.73. The molecular weight excluding hydrogens is 337 g/mol. The number of benzene rings is 1. The minimum Gasteiger partial charge on any atom is -0.327 e. The first kappa shape index (κ1) is 21.4. The van der Waals surface area contributed by atoms with E-state index in [-0.39, 0.29) is 42.7 Å². The zero-order valence-corrected chi connectivity index (χ0v) is 15.0. The van der Waals surface area contributed by atoms with E-state index in [1.165, 1.54) is 0 Å². The van der Waals surface area contributed by atoms with Crippen LogP contribution in [-0.2, 0) is 11.3 Å². The Bertz CT molecular complexity index is 630. The zero-order chi connectivity index (χ0) is 15.4. The lowest BCUT2D eigenvalue weighted by Crippen LogP contribution is -2.34. The summed E-state index contributed by atoms with van der Waals surface area (Å²) in [6.45, 7) is 6.46. The number of hydrogen-bond acceptors (Lipinski definition) is 4. The molecule has 0 fully saturated rings. The topological polar surface area (TPSA) is 85.8 Å². The van der Waals surface area contributed by atoms with Gasteiger partial charge in [-0.25, -0.2) is 0 Å². The maximum atomic E-state index is 12.1. The maximum absolute atomic E-state index is 12.1. The van der Waals surface area contributed by atoms with Crippen LogP contribution in [0.2, 0.25) is 0 Å². The highest BCUT2D eigenvalue weighted by molar-refractivity contribution is 5.93. The number of aryl methyl sites for hydroxylation is 1. The van der Waals surface area contributed by atoms with Crippen LogP contribution < -0.4 is 11.1 Å². The Kier molecular flexibility index (Phi) is 8.82. The summed E-state index contributed by atoms with van der Waals surface area (Å²) < 4.78 is 1.95. The summed E-state index contributed by atoms with van der Waals surface area (Å²) in [4.78, 5) is 12.1. The van der Waals surface area contributed by atoms with E-state index in [1.807, 2.05) is 49.6 Å². The molecule has 1 aromatic heterocycles. The van der Waals surface area contributed by atoms with Crippen LogP contribution in [0, 0.1) is 5.92 Å². The number of rotatable bonds is 5. The first-order valence-corrected chi connectivity index (χ1v) is 7.07. The molecule has 6 nitrogen and oxygen atoms in total. The van der Waals surface area contributed by atoms with Gasteiger partial charge >= 0.3 is 0 Å². The second-order valence-electron chi connectivity index (χ2n) is 5.16. The molecule has 23 heavy (non-hydrogen) atoms. The lowest BCUT2D eigenvalue weighted by Gasteiger charge is -2.15. The molecule has 0 aliphatic heterocycles. The van der Waals surface area contributed by atoms with Crippen LogP contribution in [0.1, 0.15) is 20.8 Å². The van der Waals surface area contributed by atoms with Gasteiger partial charge in [0.1, 0.15) is 6.33 Å². The molecule has 0 aliphatic carbocycles. The summed E-state index contributed by atoms with van der Waals surface area (Å²) in [6, 6.07) is 7.39. The number of nitrogens with zero attached hydrogens (tertiary/aromatic N) is 3. The van der Waals surface area contributed by atoms with E-state index in [2.05, 4.69) is 15.5 Å². The fourth-order valence-electron chi connectivity index (χ4n) is 1.94. The average molecular weight is 360 g/mol. The minimum atomic E-state index is -0.243. The molecule has 3 N–H and O–H groups in total. The average Bonchev–Trinajstić information content (AvgIpc) is 2.95. The molecular formula is C15H23Cl2N5O. The fourth-order valence-corrected chi connectivity index (χ4v) is 1.94. The van der Waals surface area contributed by atoms with Crippen LogP contribution in [0.15, 0.2) is 30.6 Å². The summed E-state index contributed by atoms with van der Waals surface area (Å²) in [5, 5.41) is 10.9. The van der Waals surface area contributed by atoms with Gasteiger partial charge < -0.3 is 15.6 Å². The molecule has 0 saturated carbocycles. The second-order valence-corrected chi connectivity index (χ2v) is 5.16. The van der Waals surface area contributed by atoms with E-state index >= 15 is 0 Å². The van der Waals surface area contributed by atoms with Crippen molar-refractivity contribution < 1.29 is 4.79 Å². The van der Waals surface area contributed by atoms with E-state index in [0.29, 0.717) is 0 Å². The van der Waals surface area contributed by atoms with Crippen molar-refractivity contribution in [2.45, 2.75) is 33.4 Å². The molecule has 1 heterocycles. The Hall–Kier alpha value is -1.63. The van der Waals surface area contributed by atoms with Crippen molar-refractivity contribution in [3.63, 3.8) is 0 Å². The fraction of sp³-hybridized carbons (Fsp3) is 0.400. The summed E-state index contributed by atoms with van der Waals surface area (Å²) in [5.74, 6) is 0.459. The standard InChI is InChI=1S/C15H21N5O.2ClH/c1-4-20-9-17-19-14(20)12-6-5-7-13(8-12)18-15(21)10(2)11(3)16;;/h5-11H,4,16H2,1-3H3,(H,18,21);2*1H. The summed E-state index contributed by atoms with van der Waals surface area (Å²) in [7, 11) is 0. The third-order valence-corrected chi connectivity index (χ3v) is 3.55. The molecule has 0 spiro atoms. The Labute approximate surface area is 148 Å². The molecule has 8 heteroatoms. The Morgan fingerprint density at radius 3 is 2.65 bits per heavy atom. The van der Waals surface area contributed by atoms with Gasteiger partial charge in [-0.3, -0.25) is 4.79 Å². The molecule has 0 bridgehead atoms. The van der Waals surface area contributed by atoms with Crippen LogP contribution in [0.4, 0.5) is 5.69 Å². The summed E-state index contributed by atoms with van der Waals surface area (Å²) in [6.07, 6.45) is 1.69. The number of nitrogens with one attached hydrogen (secondary N) is 1. The molecule has 2 atom stereocenters. The molecule has 0 saturated heterocycles. The molecule has 1 aromatic carbocycles. The smallest absolute Gasteiger partial charge is 0.228 e. The Morgan fingerprint density at radius 2 is 2.04 bits per heavy atom. The summed E-state index contributed by atoms with van der Waals surface area (Å²) >= 11 is 0. The van der Waals surface area contributed by atoms with Gasteiger partial charge in [-0.15, -0.1) is 35.0 Å². The molecule has 1 amide bonds. The van der Waals surface area contributed by atoms with E-state index in [1.54, 1.807) is 6.33 Å². The largest absolute Gasteiger partial charge is 0.327 e. The van der Waals surface area contributed by atoms with Crippen LogP contribution in [0.5, 0.6) is 0 Å². The Morgan fingerprint density at radius 1 is 1.35 bits per heavy atom. The van der Waals surface area contributed by atoms with Crippen LogP contribution >= 0.6 is 24.8 Å². The van der Waals surface area contributed by atoms with Crippen molar-refractivity contribution >= 4 is 36.4 Å². The lowest BCUT2D eigenvalue weighted by molar-refractivity contribution is -0.119. The molecule has 2 aromatic rings. The van der Waals surface area contributed by atoms with Gasteiger partial charge in [0.15, 0.2) is 5.82 Å². The summed E-state index contributed by atoms with van der Waals surface area (Å²) in [5.41, 5.74) is 7.40. The third kappa shape index (κ3) is 5.20. The second kappa shape index (κ2) is 9.50. The van der Waals surface area contributed by atoms with Crippen LogP contribution in [0.3, 0.4) is 0 Å². The van der Waals surface area contributed by atoms with Crippen LogP contribution in [0.25, 0.3) is 11.4 Å². The van der Waals surface area contributed by atoms with Gasteiger partial charge in [-0.05, 0) is 26.0 Å². The number of carbonyl (C=O) groups is 1. The first-order chi connectivity index (χ1) is 10.0. The molecule has 0 aliphatic rings. The number of aromatic nitrogens is 3. The van der Waals surface area contributed by atoms with E-state index in [0.717, 1.165) is 23.6 Å². The van der Waals surface area contributed by atoms with Crippen LogP contribution in [-0.4, -0.2) is 26.7 Å². The lowest BCUT2D eigenvalue weighted by atomic mass is 10.0. The third-order valence-electron chi connectivity index (χ3n) is 3.55. The highest BCUT2D eigenvalue weighted by Crippen LogP contribution is 2.21. The first-order valence-electron chi connectivity index (χ1n) is 7.07. The SMILES string of the molecule is CCn1cnnc1-c1cccc(NC(=O)C(C)C(C)N)c1.Cl.Cl. The molecule has 128 valence electrons. The van der Waals surface area contributed by atoms with Crippen molar-refractivity contribution in [3.05, 3.63) is 30.6 Å². The van der Waals surface area contributed by atoms with Gasteiger partial charge in [0.25, 0.3) is 0 Å². The van der Waals surface area contributed by atoms with Crippen molar-refractivity contribution in [2.75, 3.05) is 5.32 Å². The number of anilines is 1. The van der Waals surface area contributed by atoms with Gasteiger partial charge in [-0.2, -0.15) is 0 Å². The van der Waals surface area contributed by atoms with Crippen molar-refractivity contribution in [1.82, 2.24) is 14.8 Å². The number of hydrogen-bond donors (Lipinski definition) is 2. The maximum Gasteiger partial charge on any atom is 0.228 e. The quantitative estimate of drug-likeness (QED) is 0.859. The van der Waals surface area contributed by atoms with Gasteiger partial charge in [-0.1, -0.05) is 19.1 Å². The number of carbonyl (C=O) groups excluding carboxylic acids is 1. The van der Waals surface area contributed by atoms with Crippen molar-refractivity contribution in [2.24, 2.45) is 11.7 Å². The Balaban J connectivity index is 0.00000242. The normalized spacial score (nSPS) is 12.5. The minimum absolute atomic E-state index is 0. The molecule has 2 rings (SSSR count). The molecule has 2 unspecified atom stereocenters. The number of amides is 1. The number of nitrogens with two attached hydrogens (primary N) is 1. The monoisotopic (exact) mass is 359 g/mol. The van der Waals surface area contributed by atoms with Gasteiger partial charge in [0.05, 0.1) is 5.92 Å². The van der Waals surface area contributed by atoms with E-state index in [4.69, 9.17) is 5.73 Å². The van der Waals surface area contributed by atoms with Gasteiger partial charge in [0.2, 0.25) is 5.91 Å². The molecule has 0 radical (unpaired) electrons. The van der Waals surface area contributed by atoms with E-state index in [9.17, 15) is 4.79 Å². The van der Waals surface area contributed by atoms with Gasteiger partial charge in [0, 0.05) is 23.8 Å². The predicted molar refractivity (Wildman–Crippen MR) is 97.1 cm³/mol. The van der Waals surface area contributed by atoms with Crippen molar-refractivity contribution in [3.8, 4) is 11.4 Å². The highest BCUT2D eigenvalue weighted by atomic mass is 35.5. The van der Waals surface area contributed by atoms with Crippen molar-refractivity contribution in [1.29, 1.82) is 0 Å². The zero-order valence-electron chi connectivity index (χ0n) is 13.4.